The largest absolute Gasteiger partial charge is 0.481 e. The lowest BCUT2D eigenvalue weighted by atomic mass is 10.0. The summed E-state index contributed by atoms with van der Waals surface area (Å²) in [5.41, 5.74) is 3.00. The number of rotatable bonds is 3. The quantitative estimate of drug-likeness (QED) is 0.879. The van der Waals surface area contributed by atoms with Gasteiger partial charge in [0, 0.05) is 11.6 Å². The molecule has 1 aliphatic carbocycles. The van der Waals surface area contributed by atoms with Crippen LogP contribution in [-0.2, 0) is 9.59 Å². The average Bonchev–Trinajstić information content (AvgIpc) is 2.76. The van der Waals surface area contributed by atoms with Crippen LogP contribution in [0.5, 0.6) is 0 Å². The second-order valence-corrected chi connectivity index (χ2v) is 5.41. The van der Waals surface area contributed by atoms with Gasteiger partial charge in [-0.15, -0.1) is 0 Å². The minimum atomic E-state index is -0.790. The fourth-order valence-corrected chi connectivity index (χ4v) is 2.74. The van der Waals surface area contributed by atoms with Crippen molar-refractivity contribution in [3.05, 3.63) is 29.3 Å². The number of nitrogens with one attached hydrogen (secondary N) is 1. The third kappa shape index (κ3) is 3.34. The normalized spacial score (nSPS) is 22.2. The van der Waals surface area contributed by atoms with E-state index in [-0.39, 0.29) is 17.7 Å². The summed E-state index contributed by atoms with van der Waals surface area (Å²) < 4.78 is 0. The van der Waals surface area contributed by atoms with Gasteiger partial charge in [-0.05, 0) is 56.4 Å². The van der Waals surface area contributed by atoms with Crippen molar-refractivity contribution in [1.29, 1.82) is 0 Å². The van der Waals surface area contributed by atoms with Gasteiger partial charge in [0.25, 0.3) is 0 Å². The van der Waals surface area contributed by atoms with Gasteiger partial charge in [0.1, 0.15) is 0 Å². The number of hydrogen-bond acceptors (Lipinski definition) is 2. The Morgan fingerprint density at radius 3 is 2.21 bits per heavy atom. The van der Waals surface area contributed by atoms with E-state index in [9.17, 15) is 9.59 Å². The maximum absolute atomic E-state index is 12.1. The third-order valence-electron chi connectivity index (χ3n) is 3.64. The summed E-state index contributed by atoms with van der Waals surface area (Å²) >= 11 is 0. The summed E-state index contributed by atoms with van der Waals surface area (Å²) in [7, 11) is 0. The number of carboxylic acid groups (broad SMARTS) is 1. The van der Waals surface area contributed by atoms with Gasteiger partial charge < -0.3 is 10.4 Å². The number of carbonyl (C=O) groups is 2. The number of carbonyl (C=O) groups excluding carboxylic acids is 1. The molecule has 0 radical (unpaired) electrons. The van der Waals surface area contributed by atoms with E-state index in [2.05, 4.69) is 5.32 Å². The summed E-state index contributed by atoms with van der Waals surface area (Å²) in [6, 6.07) is 5.90. The zero-order valence-corrected chi connectivity index (χ0v) is 11.3. The molecule has 1 aliphatic rings. The maximum Gasteiger partial charge on any atom is 0.306 e. The fourth-order valence-electron chi connectivity index (χ4n) is 2.74. The van der Waals surface area contributed by atoms with Crippen molar-refractivity contribution < 1.29 is 14.7 Å². The Labute approximate surface area is 112 Å². The molecule has 1 amide bonds. The molecule has 2 atom stereocenters. The van der Waals surface area contributed by atoms with Gasteiger partial charge in [-0.2, -0.15) is 0 Å². The Bertz CT molecular complexity index is 490. The molecule has 0 aromatic heterocycles. The van der Waals surface area contributed by atoms with Crippen LogP contribution in [-0.4, -0.2) is 17.0 Å². The number of aliphatic carboxylic acids is 1. The van der Waals surface area contributed by atoms with Crippen molar-refractivity contribution in [2.75, 3.05) is 5.32 Å². The lowest BCUT2D eigenvalue weighted by Gasteiger charge is -2.12. The molecule has 102 valence electrons. The van der Waals surface area contributed by atoms with Crippen molar-refractivity contribution in [3.8, 4) is 0 Å². The Morgan fingerprint density at radius 1 is 1.11 bits per heavy atom. The van der Waals surface area contributed by atoms with E-state index in [0.717, 1.165) is 16.8 Å². The van der Waals surface area contributed by atoms with Crippen molar-refractivity contribution in [2.45, 2.75) is 33.1 Å². The summed E-state index contributed by atoms with van der Waals surface area (Å²) in [5, 5.41) is 11.8. The minimum absolute atomic E-state index is 0.0613. The second kappa shape index (κ2) is 5.43. The predicted octanol–water partition coefficient (Wildman–Crippen LogP) is 2.74. The van der Waals surface area contributed by atoms with Crippen molar-refractivity contribution in [3.63, 3.8) is 0 Å². The van der Waals surface area contributed by atoms with Crippen LogP contribution >= 0.6 is 0 Å². The van der Waals surface area contributed by atoms with Gasteiger partial charge in [0.05, 0.1) is 5.92 Å². The van der Waals surface area contributed by atoms with Gasteiger partial charge in [-0.1, -0.05) is 6.07 Å². The lowest BCUT2D eigenvalue weighted by Crippen LogP contribution is -2.21. The number of amides is 1. The number of anilines is 1. The molecule has 0 aliphatic heterocycles. The summed E-state index contributed by atoms with van der Waals surface area (Å²) in [4.78, 5) is 23.0. The first-order valence-electron chi connectivity index (χ1n) is 6.57. The highest BCUT2D eigenvalue weighted by Crippen LogP contribution is 2.32. The molecule has 0 saturated heterocycles. The van der Waals surface area contributed by atoms with E-state index in [1.807, 2.05) is 32.0 Å². The highest BCUT2D eigenvalue weighted by Gasteiger charge is 2.33. The number of hydrogen-bond donors (Lipinski definition) is 2. The van der Waals surface area contributed by atoms with Gasteiger partial charge >= 0.3 is 5.97 Å². The highest BCUT2D eigenvalue weighted by atomic mass is 16.4. The summed E-state index contributed by atoms with van der Waals surface area (Å²) in [5.74, 6) is -1.40. The first-order valence-corrected chi connectivity index (χ1v) is 6.57. The smallest absolute Gasteiger partial charge is 0.306 e. The molecule has 2 rings (SSSR count). The van der Waals surface area contributed by atoms with Crippen molar-refractivity contribution in [1.82, 2.24) is 0 Å². The molecular formula is C15H19NO3. The molecule has 4 nitrogen and oxygen atoms in total. The zero-order chi connectivity index (χ0) is 14.0. The molecule has 4 heteroatoms. The first-order chi connectivity index (χ1) is 8.95. The Balaban J connectivity index is 2.00. The maximum atomic E-state index is 12.1. The molecule has 0 heterocycles. The molecule has 1 aromatic carbocycles. The third-order valence-corrected chi connectivity index (χ3v) is 3.64. The fraction of sp³-hybridized carbons (Fsp3) is 0.467. The molecule has 1 saturated carbocycles. The molecule has 0 unspecified atom stereocenters. The minimum Gasteiger partial charge on any atom is -0.481 e. The Hall–Kier alpha value is -1.84. The molecular weight excluding hydrogens is 242 g/mol. The van der Waals surface area contributed by atoms with E-state index in [1.165, 1.54) is 0 Å². The predicted molar refractivity (Wildman–Crippen MR) is 73.0 cm³/mol. The second-order valence-electron chi connectivity index (χ2n) is 5.41. The SMILES string of the molecule is Cc1cc(C)cc(NC(=O)[C@@H]2CC[C@H](C(=O)O)C2)c1. The van der Waals surface area contributed by atoms with Crippen LogP contribution in [0.1, 0.15) is 30.4 Å². The van der Waals surface area contributed by atoms with Gasteiger partial charge in [-0.25, -0.2) is 0 Å². The van der Waals surface area contributed by atoms with Crippen LogP contribution in [0.2, 0.25) is 0 Å². The van der Waals surface area contributed by atoms with Crippen LogP contribution in [0.3, 0.4) is 0 Å². The molecule has 1 fully saturated rings. The topological polar surface area (TPSA) is 66.4 Å². The van der Waals surface area contributed by atoms with Gasteiger partial charge in [-0.3, -0.25) is 9.59 Å². The number of carboxylic acids is 1. The molecule has 0 bridgehead atoms. The number of aryl methyl sites for hydroxylation is 2. The van der Waals surface area contributed by atoms with Gasteiger partial charge in [0.2, 0.25) is 5.91 Å². The monoisotopic (exact) mass is 261 g/mol. The van der Waals surface area contributed by atoms with Crippen LogP contribution in [0.25, 0.3) is 0 Å². The first kappa shape index (κ1) is 13.6. The van der Waals surface area contributed by atoms with Gasteiger partial charge in [0.15, 0.2) is 0 Å². The average molecular weight is 261 g/mol. The van der Waals surface area contributed by atoms with E-state index >= 15 is 0 Å². The summed E-state index contributed by atoms with van der Waals surface area (Å²) in [6.45, 7) is 3.97. The van der Waals surface area contributed by atoms with E-state index < -0.39 is 5.97 Å². The summed E-state index contributed by atoms with van der Waals surface area (Å²) in [6.07, 6.45) is 1.71. The molecule has 2 N–H and O–H groups in total. The van der Waals surface area contributed by atoms with E-state index in [0.29, 0.717) is 19.3 Å². The zero-order valence-electron chi connectivity index (χ0n) is 11.3. The lowest BCUT2D eigenvalue weighted by molar-refractivity contribution is -0.141. The number of benzene rings is 1. The molecule has 1 aromatic rings. The molecule has 19 heavy (non-hydrogen) atoms. The van der Waals surface area contributed by atoms with Crippen LogP contribution in [0.4, 0.5) is 5.69 Å². The molecule has 0 spiro atoms. The van der Waals surface area contributed by atoms with E-state index in [4.69, 9.17) is 5.11 Å². The van der Waals surface area contributed by atoms with Crippen LogP contribution in [0, 0.1) is 25.7 Å². The Morgan fingerprint density at radius 2 is 1.68 bits per heavy atom. The van der Waals surface area contributed by atoms with Crippen molar-refractivity contribution in [2.24, 2.45) is 11.8 Å². The Kier molecular flexibility index (Phi) is 3.88. The van der Waals surface area contributed by atoms with Crippen LogP contribution < -0.4 is 5.32 Å². The van der Waals surface area contributed by atoms with E-state index in [1.54, 1.807) is 0 Å². The van der Waals surface area contributed by atoms with Crippen molar-refractivity contribution >= 4 is 17.6 Å². The van der Waals surface area contributed by atoms with Crippen LogP contribution in [0.15, 0.2) is 18.2 Å². The standard InChI is InChI=1S/C15H19NO3/c1-9-5-10(2)7-13(6-9)16-14(17)11-3-4-12(8-11)15(18)19/h5-7,11-12H,3-4,8H2,1-2H3,(H,16,17)(H,18,19)/t11-,12+/m1/s1. The highest BCUT2D eigenvalue weighted by molar-refractivity contribution is 5.93.